The van der Waals surface area contributed by atoms with Gasteiger partial charge in [0.05, 0.1) is 12.3 Å². The number of anilines is 2. The number of nitrogens with zero attached hydrogens (tertiary/aromatic N) is 5. The van der Waals surface area contributed by atoms with Gasteiger partial charge in [0.2, 0.25) is 5.91 Å². The number of aromatic nitrogens is 2. The second kappa shape index (κ2) is 13.6. The Morgan fingerprint density at radius 2 is 1.95 bits per heavy atom. The third-order valence-electron chi connectivity index (χ3n) is 8.68. The second-order valence-corrected chi connectivity index (χ2v) is 11.9. The van der Waals surface area contributed by atoms with Crippen molar-refractivity contribution in [2.45, 2.75) is 57.9 Å². The normalized spacial score (nSPS) is 17.9. The number of aliphatic hydroxyl groups excluding tert-OH is 1. The van der Waals surface area contributed by atoms with Crippen LogP contribution in [0, 0.1) is 0 Å². The van der Waals surface area contributed by atoms with Crippen molar-refractivity contribution in [1.29, 1.82) is 0 Å². The highest BCUT2D eigenvalue weighted by molar-refractivity contribution is 5.95. The van der Waals surface area contributed by atoms with Gasteiger partial charge >= 0.3 is 0 Å². The van der Waals surface area contributed by atoms with Crippen LogP contribution in [0.2, 0.25) is 0 Å². The van der Waals surface area contributed by atoms with Crippen LogP contribution in [0.3, 0.4) is 0 Å². The number of hydrogen-bond acceptors (Lipinski definition) is 10. The summed E-state index contributed by atoms with van der Waals surface area (Å²) in [5.41, 5.74) is 2.95. The summed E-state index contributed by atoms with van der Waals surface area (Å²) in [7, 11) is 0. The molecule has 3 N–H and O–H groups in total. The Balaban J connectivity index is 1.02. The number of oxazole rings is 1. The van der Waals surface area contributed by atoms with Crippen molar-refractivity contribution >= 4 is 23.5 Å². The standard InChI is InChI=1S/C32H41N7O5/c1-22(40)38-9-11-39(12-10-38)31-15-25(14-30(36-31)35-26-3-2-4-26)32(42)34-16-27(41)19-37-8-7-23-13-28(6-5-24(23)18-37)43-20-29-17-33-21-44-29/h5-6,13-15,17,21,26-27,41H,2-4,7-12,16,18-20H2,1H3,(H,34,42)(H,35,36). The number of pyridine rings is 1. The van der Waals surface area contributed by atoms with Gasteiger partial charge in [-0.2, -0.15) is 0 Å². The van der Waals surface area contributed by atoms with E-state index in [1.54, 1.807) is 19.2 Å². The number of amides is 2. The van der Waals surface area contributed by atoms with E-state index in [4.69, 9.17) is 14.1 Å². The molecule has 0 radical (unpaired) electrons. The van der Waals surface area contributed by atoms with Crippen molar-refractivity contribution < 1.29 is 23.8 Å². The van der Waals surface area contributed by atoms with Crippen molar-refractivity contribution in [2.24, 2.45) is 0 Å². The highest BCUT2D eigenvalue weighted by atomic mass is 16.5. The van der Waals surface area contributed by atoms with E-state index in [0.29, 0.717) is 62.5 Å². The summed E-state index contributed by atoms with van der Waals surface area (Å²) in [5.74, 6) is 2.71. The topological polar surface area (TPSA) is 136 Å². The number of fused-ring (bicyclic) bond motifs is 1. The average molecular weight is 604 g/mol. The van der Waals surface area contributed by atoms with Crippen molar-refractivity contribution in [2.75, 3.05) is 56.0 Å². The Morgan fingerprint density at radius 1 is 1.11 bits per heavy atom. The molecule has 234 valence electrons. The van der Waals surface area contributed by atoms with Crippen LogP contribution in [-0.4, -0.2) is 94.6 Å². The first-order valence-corrected chi connectivity index (χ1v) is 15.5. The predicted octanol–water partition coefficient (Wildman–Crippen LogP) is 2.43. The Bertz CT molecular complexity index is 1440. The summed E-state index contributed by atoms with van der Waals surface area (Å²) in [6, 6.07) is 10.1. The molecule has 1 aromatic carbocycles. The average Bonchev–Trinajstić information content (AvgIpc) is 3.54. The van der Waals surface area contributed by atoms with Gasteiger partial charge in [-0.25, -0.2) is 9.97 Å². The smallest absolute Gasteiger partial charge is 0.251 e. The minimum Gasteiger partial charge on any atom is -0.486 e. The number of β-amino-alcohol motifs (C(OH)–C–C–N with tert-alkyl or cyclic N) is 1. The van der Waals surface area contributed by atoms with Crippen LogP contribution in [0.4, 0.5) is 11.6 Å². The summed E-state index contributed by atoms with van der Waals surface area (Å²) in [5, 5.41) is 17.2. The number of benzene rings is 1. The Kier molecular flexibility index (Phi) is 9.27. The molecule has 0 bridgehead atoms. The molecule has 2 fully saturated rings. The van der Waals surface area contributed by atoms with E-state index in [-0.39, 0.29) is 18.4 Å². The molecule has 2 aromatic heterocycles. The van der Waals surface area contributed by atoms with Crippen LogP contribution in [0.1, 0.15) is 53.4 Å². The van der Waals surface area contributed by atoms with E-state index in [1.807, 2.05) is 17.0 Å². The Hall–Kier alpha value is -4.16. The van der Waals surface area contributed by atoms with Crippen LogP contribution >= 0.6 is 0 Å². The van der Waals surface area contributed by atoms with Crippen LogP contribution in [0.25, 0.3) is 0 Å². The second-order valence-electron chi connectivity index (χ2n) is 11.9. The molecule has 12 heteroatoms. The zero-order valence-corrected chi connectivity index (χ0v) is 25.2. The number of carbonyl (C=O) groups is 2. The highest BCUT2D eigenvalue weighted by Crippen LogP contribution is 2.27. The van der Waals surface area contributed by atoms with Crippen molar-refractivity contribution in [3.8, 4) is 5.75 Å². The molecule has 1 saturated carbocycles. The zero-order chi connectivity index (χ0) is 30.5. The molecule has 1 atom stereocenters. The Morgan fingerprint density at radius 3 is 2.68 bits per heavy atom. The SMILES string of the molecule is CC(=O)N1CCN(c2cc(C(=O)NCC(O)CN3CCc4cc(OCc5cnco5)ccc4C3)cc(NC3CCC3)n2)CC1. The monoisotopic (exact) mass is 603 g/mol. The Labute approximate surface area is 257 Å². The van der Waals surface area contributed by atoms with Crippen LogP contribution in [0.5, 0.6) is 5.75 Å². The molecule has 1 aliphatic carbocycles. The van der Waals surface area contributed by atoms with Gasteiger partial charge in [0.15, 0.2) is 12.2 Å². The molecule has 6 rings (SSSR count). The predicted molar refractivity (Wildman–Crippen MR) is 165 cm³/mol. The zero-order valence-electron chi connectivity index (χ0n) is 25.2. The van der Waals surface area contributed by atoms with Gasteiger partial charge in [0.1, 0.15) is 24.0 Å². The third-order valence-corrected chi connectivity index (χ3v) is 8.68. The maximum atomic E-state index is 13.3. The van der Waals surface area contributed by atoms with Crippen LogP contribution < -0.4 is 20.3 Å². The minimum absolute atomic E-state index is 0.0734. The van der Waals surface area contributed by atoms with Crippen LogP contribution in [-0.2, 0) is 24.4 Å². The number of rotatable bonds is 11. The number of piperazine rings is 1. The number of nitrogens with one attached hydrogen (secondary N) is 2. The summed E-state index contributed by atoms with van der Waals surface area (Å²) in [4.78, 5) is 39.9. The number of ether oxygens (including phenoxy) is 1. The molecule has 4 heterocycles. The fraction of sp³-hybridized carbons (Fsp3) is 0.500. The summed E-state index contributed by atoms with van der Waals surface area (Å²) >= 11 is 0. The van der Waals surface area contributed by atoms with E-state index in [1.165, 1.54) is 23.9 Å². The first-order valence-electron chi connectivity index (χ1n) is 15.5. The van der Waals surface area contributed by atoms with E-state index in [2.05, 4.69) is 37.6 Å². The van der Waals surface area contributed by atoms with E-state index in [0.717, 1.165) is 43.9 Å². The van der Waals surface area contributed by atoms with Gasteiger partial charge in [0, 0.05) is 70.9 Å². The maximum Gasteiger partial charge on any atom is 0.251 e. The maximum absolute atomic E-state index is 13.3. The van der Waals surface area contributed by atoms with Gasteiger partial charge in [-0.1, -0.05) is 6.07 Å². The molecule has 3 aromatic rings. The lowest BCUT2D eigenvalue weighted by Gasteiger charge is -2.35. The molecule has 2 amide bonds. The summed E-state index contributed by atoms with van der Waals surface area (Å²) in [6.07, 6.45) is 6.56. The minimum atomic E-state index is -0.710. The van der Waals surface area contributed by atoms with E-state index in [9.17, 15) is 14.7 Å². The number of aliphatic hydroxyl groups is 1. The molecular weight excluding hydrogens is 562 g/mol. The molecule has 12 nitrogen and oxygen atoms in total. The van der Waals surface area contributed by atoms with Crippen molar-refractivity contribution in [1.82, 2.24) is 25.1 Å². The molecule has 0 spiro atoms. The molecule has 1 saturated heterocycles. The molecule has 3 aliphatic rings. The van der Waals surface area contributed by atoms with Crippen molar-refractivity contribution in [3.05, 3.63) is 65.4 Å². The van der Waals surface area contributed by atoms with Crippen LogP contribution in [0.15, 0.2) is 47.3 Å². The fourth-order valence-electron chi connectivity index (χ4n) is 5.87. The lowest BCUT2D eigenvalue weighted by atomic mass is 9.93. The molecular formula is C32H41N7O5. The number of hydrogen-bond donors (Lipinski definition) is 3. The first-order chi connectivity index (χ1) is 21.4. The number of carbonyl (C=O) groups excluding carboxylic acids is 2. The van der Waals surface area contributed by atoms with Gasteiger partial charge in [-0.3, -0.25) is 14.5 Å². The van der Waals surface area contributed by atoms with Gasteiger partial charge in [-0.15, -0.1) is 0 Å². The first kappa shape index (κ1) is 29.9. The lowest BCUT2D eigenvalue weighted by molar-refractivity contribution is -0.129. The van der Waals surface area contributed by atoms with Crippen molar-refractivity contribution in [3.63, 3.8) is 0 Å². The largest absolute Gasteiger partial charge is 0.486 e. The molecule has 1 unspecified atom stereocenters. The summed E-state index contributed by atoms with van der Waals surface area (Å²) < 4.78 is 11.1. The third kappa shape index (κ3) is 7.48. The molecule has 2 aliphatic heterocycles. The van der Waals surface area contributed by atoms with E-state index < -0.39 is 6.10 Å². The highest BCUT2D eigenvalue weighted by Gasteiger charge is 2.24. The molecule has 44 heavy (non-hydrogen) atoms. The van der Waals surface area contributed by atoms with Gasteiger partial charge < -0.3 is 34.7 Å². The van der Waals surface area contributed by atoms with E-state index >= 15 is 0 Å². The lowest BCUT2D eigenvalue weighted by Crippen LogP contribution is -2.48. The quantitative estimate of drug-likeness (QED) is 0.300. The summed E-state index contributed by atoms with van der Waals surface area (Å²) in [6.45, 7) is 6.65. The van der Waals surface area contributed by atoms with Gasteiger partial charge in [0.25, 0.3) is 5.91 Å². The fourth-order valence-corrected chi connectivity index (χ4v) is 5.87. The van der Waals surface area contributed by atoms with Gasteiger partial charge in [-0.05, 0) is 61.1 Å².